The zero-order chi connectivity index (χ0) is 13.7. The van der Waals surface area contributed by atoms with Crippen molar-refractivity contribution in [1.29, 1.82) is 5.26 Å². The van der Waals surface area contributed by atoms with Crippen LogP contribution in [-0.4, -0.2) is 33.1 Å². The molecule has 1 saturated heterocycles. The highest BCUT2D eigenvalue weighted by molar-refractivity contribution is 7.98. The van der Waals surface area contributed by atoms with Crippen molar-refractivity contribution in [2.45, 2.75) is 17.7 Å². The van der Waals surface area contributed by atoms with E-state index in [1.54, 1.807) is 18.9 Å². The molecule has 1 aromatic carbocycles. The standard InChI is InChI=1S/C15H20N2OS/c1-18-11-12-5-4-8-17(10-12)14-6-3-7-15(19-2)13(14)9-16/h3,6-7,12H,4-5,8,10-11H2,1-2H3. The van der Waals surface area contributed by atoms with Gasteiger partial charge in [-0.3, -0.25) is 0 Å². The average molecular weight is 276 g/mol. The Balaban J connectivity index is 2.24. The molecule has 0 bridgehead atoms. The van der Waals surface area contributed by atoms with E-state index in [0.717, 1.165) is 35.8 Å². The summed E-state index contributed by atoms with van der Waals surface area (Å²) in [6.07, 6.45) is 4.40. The number of nitriles is 1. The van der Waals surface area contributed by atoms with Crippen molar-refractivity contribution in [1.82, 2.24) is 0 Å². The Morgan fingerprint density at radius 3 is 3.05 bits per heavy atom. The quantitative estimate of drug-likeness (QED) is 0.792. The smallest absolute Gasteiger partial charge is 0.103 e. The number of piperidine rings is 1. The molecule has 0 radical (unpaired) electrons. The molecule has 0 N–H and O–H groups in total. The Kier molecular flexibility index (Phi) is 5.12. The van der Waals surface area contributed by atoms with E-state index in [1.165, 1.54) is 12.8 Å². The highest BCUT2D eigenvalue weighted by Crippen LogP contribution is 2.31. The molecular weight excluding hydrogens is 256 g/mol. The van der Waals surface area contributed by atoms with Crippen LogP contribution in [-0.2, 0) is 4.74 Å². The fraction of sp³-hybridized carbons (Fsp3) is 0.533. The van der Waals surface area contributed by atoms with Gasteiger partial charge in [0.05, 0.1) is 17.9 Å². The summed E-state index contributed by atoms with van der Waals surface area (Å²) in [5.74, 6) is 0.572. The molecule has 1 aliphatic rings. The Hall–Kier alpha value is -1.18. The van der Waals surface area contributed by atoms with E-state index in [1.807, 2.05) is 18.4 Å². The molecule has 1 unspecified atom stereocenters. The van der Waals surface area contributed by atoms with Crippen molar-refractivity contribution in [2.24, 2.45) is 5.92 Å². The minimum absolute atomic E-state index is 0.572. The summed E-state index contributed by atoms with van der Waals surface area (Å²) in [6.45, 7) is 2.83. The second-order valence-corrected chi connectivity index (χ2v) is 5.72. The maximum atomic E-state index is 9.42. The molecule has 3 nitrogen and oxygen atoms in total. The third-order valence-corrected chi connectivity index (χ3v) is 4.38. The normalized spacial score (nSPS) is 19.2. The van der Waals surface area contributed by atoms with Crippen molar-refractivity contribution in [3.8, 4) is 6.07 Å². The summed E-state index contributed by atoms with van der Waals surface area (Å²) < 4.78 is 5.27. The minimum Gasteiger partial charge on any atom is -0.384 e. The van der Waals surface area contributed by atoms with Crippen LogP contribution in [0, 0.1) is 17.2 Å². The first-order chi connectivity index (χ1) is 9.30. The van der Waals surface area contributed by atoms with E-state index in [-0.39, 0.29) is 0 Å². The Bertz CT molecular complexity index is 468. The van der Waals surface area contributed by atoms with Crippen molar-refractivity contribution in [2.75, 3.05) is 38.0 Å². The van der Waals surface area contributed by atoms with Crippen molar-refractivity contribution < 1.29 is 4.74 Å². The van der Waals surface area contributed by atoms with Gasteiger partial charge in [-0.1, -0.05) is 6.07 Å². The summed E-state index contributed by atoms with van der Waals surface area (Å²) in [7, 11) is 1.76. The van der Waals surface area contributed by atoms with Gasteiger partial charge in [-0.05, 0) is 37.1 Å². The van der Waals surface area contributed by atoms with E-state index in [0.29, 0.717) is 5.92 Å². The van der Waals surface area contributed by atoms with E-state index in [9.17, 15) is 5.26 Å². The molecule has 0 amide bonds. The molecule has 0 spiro atoms. The molecule has 1 heterocycles. The van der Waals surface area contributed by atoms with Gasteiger partial charge in [-0.15, -0.1) is 11.8 Å². The van der Waals surface area contributed by atoms with Crippen LogP contribution < -0.4 is 4.90 Å². The van der Waals surface area contributed by atoms with Gasteiger partial charge in [0.1, 0.15) is 6.07 Å². The minimum atomic E-state index is 0.572. The summed E-state index contributed by atoms with van der Waals surface area (Å²) in [5.41, 5.74) is 1.89. The number of nitrogens with zero attached hydrogens (tertiary/aromatic N) is 2. The van der Waals surface area contributed by atoms with Crippen LogP contribution in [0.2, 0.25) is 0 Å². The largest absolute Gasteiger partial charge is 0.384 e. The predicted octanol–water partition coefficient (Wildman–Crippen LogP) is 3.14. The lowest BCUT2D eigenvalue weighted by Gasteiger charge is -2.34. The van der Waals surface area contributed by atoms with Gasteiger partial charge in [0.15, 0.2) is 0 Å². The number of anilines is 1. The molecule has 1 aliphatic heterocycles. The SMILES string of the molecule is COCC1CCCN(c2cccc(SC)c2C#N)C1. The second kappa shape index (κ2) is 6.83. The molecule has 4 heteroatoms. The van der Waals surface area contributed by atoms with Crippen LogP contribution in [0.1, 0.15) is 18.4 Å². The van der Waals surface area contributed by atoms with Gasteiger partial charge in [0.2, 0.25) is 0 Å². The van der Waals surface area contributed by atoms with Crippen LogP contribution in [0.25, 0.3) is 0 Å². The molecule has 19 heavy (non-hydrogen) atoms. The molecule has 1 atom stereocenters. The number of ether oxygens (including phenoxy) is 1. The summed E-state index contributed by atoms with van der Waals surface area (Å²) in [4.78, 5) is 3.40. The molecule has 0 saturated carbocycles. The van der Waals surface area contributed by atoms with Gasteiger partial charge in [-0.25, -0.2) is 0 Å². The molecule has 1 fully saturated rings. The van der Waals surface area contributed by atoms with Gasteiger partial charge >= 0.3 is 0 Å². The van der Waals surface area contributed by atoms with Gasteiger partial charge in [-0.2, -0.15) is 5.26 Å². The van der Waals surface area contributed by atoms with Crippen LogP contribution in [0.4, 0.5) is 5.69 Å². The van der Waals surface area contributed by atoms with Gasteiger partial charge in [0.25, 0.3) is 0 Å². The second-order valence-electron chi connectivity index (χ2n) is 4.88. The van der Waals surface area contributed by atoms with E-state index in [4.69, 9.17) is 4.74 Å². The van der Waals surface area contributed by atoms with Gasteiger partial charge < -0.3 is 9.64 Å². The van der Waals surface area contributed by atoms with E-state index >= 15 is 0 Å². The highest BCUT2D eigenvalue weighted by Gasteiger charge is 2.22. The fourth-order valence-corrected chi connectivity index (χ4v) is 3.29. The Morgan fingerprint density at radius 1 is 1.53 bits per heavy atom. The number of thioether (sulfide) groups is 1. The van der Waals surface area contributed by atoms with E-state index < -0.39 is 0 Å². The summed E-state index contributed by atoms with van der Waals surface area (Å²) in [5, 5.41) is 9.42. The lowest BCUT2D eigenvalue weighted by atomic mass is 9.97. The number of hydrogen-bond acceptors (Lipinski definition) is 4. The average Bonchev–Trinajstić information content (AvgIpc) is 2.47. The number of hydrogen-bond donors (Lipinski definition) is 0. The van der Waals surface area contributed by atoms with Crippen LogP contribution in [0.15, 0.2) is 23.1 Å². The first-order valence-electron chi connectivity index (χ1n) is 6.61. The first kappa shape index (κ1) is 14.2. The van der Waals surface area contributed by atoms with Crippen molar-refractivity contribution >= 4 is 17.4 Å². The number of benzene rings is 1. The first-order valence-corrected chi connectivity index (χ1v) is 7.83. The van der Waals surface area contributed by atoms with Crippen LogP contribution in [0.5, 0.6) is 0 Å². The maximum Gasteiger partial charge on any atom is 0.103 e. The molecule has 1 aromatic rings. The predicted molar refractivity (Wildman–Crippen MR) is 79.8 cm³/mol. The number of methoxy groups -OCH3 is 1. The molecule has 0 aliphatic carbocycles. The lowest BCUT2D eigenvalue weighted by Crippen LogP contribution is -2.37. The summed E-state index contributed by atoms with van der Waals surface area (Å²) in [6, 6.07) is 8.49. The van der Waals surface area contributed by atoms with Crippen LogP contribution >= 0.6 is 11.8 Å². The zero-order valence-corrected chi connectivity index (χ0v) is 12.4. The lowest BCUT2D eigenvalue weighted by molar-refractivity contribution is 0.143. The van der Waals surface area contributed by atoms with Gasteiger partial charge in [0, 0.05) is 25.1 Å². The highest BCUT2D eigenvalue weighted by atomic mass is 32.2. The molecule has 0 aromatic heterocycles. The molecule has 102 valence electrons. The topological polar surface area (TPSA) is 36.3 Å². The molecular formula is C15H20N2OS. The third kappa shape index (κ3) is 3.23. The van der Waals surface area contributed by atoms with Crippen LogP contribution in [0.3, 0.4) is 0 Å². The Labute approximate surface area is 119 Å². The Morgan fingerprint density at radius 2 is 2.37 bits per heavy atom. The monoisotopic (exact) mass is 276 g/mol. The molecule has 2 rings (SSSR count). The maximum absolute atomic E-state index is 9.42. The zero-order valence-electron chi connectivity index (χ0n) is 11.6. The van der Waals surface area contributed by atoms with E-state index in [2.05, 4.69) is 17.0 Å². The third-order valence-electron chi connectivity index (χ3n) is 3.60. The van der Waals surface area contributed by atoms with Crippen molar-refractivity contribution in [3.05, 3.63) is 23.8 Å². The fourth-order valence-electron chi connectivity index (χ4n) is 2.72. The number of rotatable bonds is 4. The summed E-state index contributed by atoms with van der Waals surface area (Å²) >= 11 is 1.64. The van der Waals surface area contributed by atoms with Crippen molar-refractivity contribution in [3.63, 3.8) is 0 Å².